The standard InChI is InChI=1S/C12H16N4.2ClH/c1-16-11(9-4-7-13-8-5-9)15-10-3-2-6-14-12(10)16;;/h2-3,6,9,13H,4-5,7-8H2,1H3;2*1H. The van der Waals surface area contributed by atoms with Crippen molar-refractivity contribution in [2.45, 2.75) is 18.8 Å². The Labute approximate surface area is 119 Å². The molecule has 0 aliphatic carbocycles. The number of hydrogen-bond acceptors (Lipinski definition) is 3. The number of hydrogen-bond donors (Lipinski definition) is 1. The maximum Gasteiger partial charge on any atom is 0.159 e. The zero-order valence-electron chi connectivity index (χ0n) is 10.3. The molecule has 0 saturated carbocycles. The summed E-state index contributed by atoms with van der Waals surface area (Å²) in [6.07, 6.45) is 4.19. The maximum atomic E-state index is 4.71. The van der Waals surface area contributed by atoms with E-state index in [1.165, 1.54) is 18.7 Å². The minimum Gasteiger partial charge on any atom is -0.317 e. The summed E-state index contributed by atoms with van der Waals surface area (Å²) in [5, 5.41) is 3.39. The van der Waals surface area contributed by atoms with Crippen LogP contribution in [0.25, 0.3) is 11.2 Å². The van der Waals surface area contributed by atoms with Crippen molar-refractivity contribution in [2.24, 2.45) is 7.05 Å². The van der Waals surface area contributed by atoms with Crippen LogP contribution >= 0.6 is 24.8 Å². The molecule has 18 heavy (non-hydrogen) atoms. The van der Waals surface area contributed by atoms with Crippen molar-refractivity contribution in [2.75, 3.05) is 13.1 Å². The van der Waals surface area contributed by atoms with E-state index in [-0.39, 0.29) is 24.8 Å². The second-order valence-corrected chi connectivity index (χ2v) is 4.40. The Kier molecular flexibility index (Phi) is 5.38. The molecule has 6 heteroatoms. The Bertz CT molecular complexity index is 506. The molecule has 1 fully saturated rings. The molecule has 2 aromatic rings. The van der Waals surface area contributed by atoms with Crippen molar-refractivity contribution in [3.05, 3.63) is 24.2 Å². The first-order chi connectivity index (χ1) is 7.86. The van der Waals surface area contributed by atoms with Gasteiger partial charge in [-0.3, -0.25) is 0 Å². The number of aryl methyl sites for hydroxylation is 1. The van der Waals surface area contributed by atoms with Crippen molar-refractivity contribution in [3.8, 4) is 0 Å². The molecule has 0 bridgehead atoms. The van der Waals surface area contributed by atoms with E-state index in [0.717, 1.165) is 24.3 Å². The lowest BCUT2D eigenvalue weighted by atomic mass is 9.97. The SMILES string of the molecule is Cl.Cl.Cn1c(C2CCNCC2)nc2cccnc21. The predicted octanol–water partition coefficient (Wildman–Crippen LogP) is 2.28. The van der Waals surface area contributed by atoms with Gasteiger partial charge in [0.15, 0.2) is 5.65 Å². The highest BCUT2D eigenvalue weighted by Gasteiger charge is 2.20. The number of nitrogens with one attached hydrogen (secondary N) is 1. The van der Waals surface area contributed by atoms with Gasteiger partial charge >= 0.3 is 0 Å². The molecule has 0 spiro atoms. The van der Waals surface area contributed by atoms with Gasteiger partial charge in [0.05, 0.1) is 0 Å². The molecule has 3 rings (SSSR count). The van der Waals surface area contributed by atoms with Gasteiger partial charge in [-0.05, 0) is 38.1 Å². The lowest BCUT2D eigenvalue weighted by Crippen LogP contribution is -2.27. The Morgan fingerprint density at radius 2 is 2.00 bits per heavy atom. The summed E-state index contributed by atoms with van der Waals surface area (Å²) in [5.41, 5.74) is 2.01. The fraction of sp³-hybridized carbons (Fsp3) is 0.500. The smallest absolute Gasteiger partial charge is 0.159 e. The highest BCUT2D eigenvalue weighted by atomic mass is 35.5. The van der Waals surface area contributed by atoms with Gasteiger partial charge < -0.3 is 9.88 Å². The van der Waals surface area contributed by atoms with Gasteiger partial charge in [0, 0.05) is 19.2 Å². The molecule has 0 atom stereocenters. The average Bonchev–Trinajstić information content (AvgIpc) is 2.69. The van der Waals surface area contributed by atoms with Crippen LogP contribution < -0.4 is 5.32 Å². The first-order valence-corrected chi connectivity index (χ1v) is 5.84. The second kappa shape index (κ2) is 6.36. The average molecular weight is 289 g/mol. The number of halogens is 2. The summed E-state index contributed by atoms with van der Waals surface area (Å²) in [6.45, 7) is 2.20. The summed E-state index contributed by atoms with van der Waals surface area (Å²) in [7, 11) is 2.07. The third-order valence-electron chi connectivity index (χ3n) is 3.37. The molecule has 0 amide bonds. The van der Waals surface area contributed by atoms with Crippen molar-refractivity contribution in [1.29, 1.82) is 0 Å². The van der Waals surface area contributed by atoms with Gasteiger partial charge in [0.2, 0.25) is 0 Å². The number of fused-ring (bicyclic) bond motifs is 1. The summed E-state index contributed by atoms with van der Waals surface area (Å²) in [5.74, 6) is 1.77. The molecule has 2 aromatic heterocycles. The Morgan fingerprint density at radius 1 is 1.28 bits per heavy atom. The minimum absolute atomic E-state index is 0. The van der Waals surface area contributed by atoms with E-state index in [0.29, 0.717) is 5.92 Å². The van der Waals surface area contributed by atoms with Crippen LogP contribution in [0.15, 0.2) is 18.3 Å². The van der Waals surface area contributed by atoms with Gasteiger partial charge in [-0.25, -0.2) is 9.97 Å². The Hall–Kier alpha value is -0.840. The summed E-state index contributed by atoms with van der Waals surface area (Å²) >= 11 is 0. The van der Waals surface area contributed by atoms with E-state index in [2.05, 4.69) is 21.9 Å². The minimum atomic E-state index is 0. The van der Waals surface area contributed by atoms with E-state index >= 15 is 0 Å². The maximum absolute atomic E-state index is 4.71. The molecule has 1 aliphatic rings. The van der Waals surface area contributed by atoms with Crippen LogP contribution in [0.1, 0.15) is 24.6 Å². The van der Waals surface area contributed by atoms with Crippen LogP contribution in [0.5, 0.6) is 0 Å². The van der Waals surface area contributed by atoms with E-state index < -0.39 is 0 Å². The fourth-order valence-electron chi connectivity index (χ4n) is 2.49. The van der Waals surface area contributed by atoms with Gasteiger partial charge in [0.1, 0.15) is 11.3 Å². The van der Waals surface area contributed by atoms with Crippen LogP contribution in [-0.4, -0.2) is 27.6 Å². The number of imidazole rings is 1. The molecule has 0 unspecified atom stereocenters. The zero-order chi connectivity index (χ0) is 11.0. The van der Waals surface area contributed by atoms with E-state index in [4.69, 9.17) is 4.98 Å². The van der Waals surface area contributed by atoms with E-state index in [1.807, 2.05) is 18.3 Å². The normalized spacial score (nSPS) is 16.1. The highest BCUT2D eigenvalue weighted by Crippen LogP contribution is 2.26. The van der Waals surface area contributed by atoms with Crippen LogP contribution in [0.4, 0.5) is 0 Å². The first-order valence-electron chi connectivity index (χ1n) is 5.84. The monoisotopic (exact) mass is 288 g/mol. The third kappa shape index (κ3) is 2.60. The first kappa shape index (κ1) is 15.2. The van der Waals surface area contributed by atoms with Crippen molar-refractivity contribution in [1.82, 2.24) is 19.9 Å². The number of piperidine rings is 1. The molecule has 0 aromatic carbocycles. The fourth-order valence-corrected chi connectivity index (χ4v) is 2.49. The molecule has 3 heterocycles. The molecule has 1 saturated heterocycles. The summed E-state index contributed by atoms with van der Waals surface area (Å²) in [4.78, 5) is 9.09. The van der Waals surface area contributed by atoms with Gasteiger partial charge in [0.25, 0.3) is 0 Å². The number of aromatic nitrogens is 3. The quantitative estimate of drug-likeness (QED) is 0.876. The number of pyridine rings is 1. The Balaban J connectivity index is 0.000000810. The van der Waals surface area contributed by atoms with E-state index in [1.54, 1.807) is 0 Å². The molecule has 4 nitrogen and oxygen atoms in total. The Morgan fingerprint density at radius 3 is 2.67 bits per heavy atom. The zero-order valence-corrected chi connectivity index (χ0v) is 11.9. The summed E-state index contributed by atoms with van der Waals surface area (Å²) in [6, 6.07) is 3.98. The van der Waals surface area contributed by atoms with Crippen molar-refractivity contribution in [3.63, 3.8) is 0 Å². The van der Waals surface area contributed by atoms with Crippen LogP contribution in [-0.2, 0) is 7.05 Å². The number of nitrogens with zero attached hydrogens (tertiary/aromatic N) is 3. The van der Waals surface area contributed by atoms with Crippen molar-refractivity contribution < 1.29 is 0 Å². The lowest BCUT2D eigenvalue weighted by molar-refractivity contribution is 0.438. The number of rotatable bonds is 1. The molecule has 1 aliphatic heterocycles. The summed E-state index contributed by atoms with van der Waals surface area (Å²) < 4.78 is 2.14. The second-order valence-electron chi connectivity index (χ2n) is 4.40. The van der Waals surface area contributed by atoms with E-state index in [9.17, 15) is 0 Å². The molecule has 1 N–H and O–H groups in total. The van der Waals surface area contributed by atoms with Crippen LogP contribution in [0.3, 0.4) is 0 Å². The topological polar surface area (TPSA) is 42.7 Å². The highest BCUT2D eigenvalue weighted by molar-refractivity contribution is 5.85. The third-order valence-corrected chi connectivity index (χ3v) is 3.37. The van der Waals surface area contributed by atoms with Crippen LogP contribution in [0.2, 0.25) is 0 Å². The van der Waals surface area contributed by atoms with Gasteiger partial charge in [-0.15, -0.1) is 24.8 Å². The van der Waals surface area contributed by atoms with Gasteiger partial charge in [-0.1, -0.05) is 0 Å². The molecular weight excluding hydrogens is 271 g/mol. The predicted molar refractivity (Wildman–Crippen MR) is 77.8 cm³/mol. The lowest BCUT2D eigenvalue weighted by Gasteiger charge is -2.21. The molecule has 100 valence electrons. The van der Waals surface area contributed by atoms with Crippen LogP contribution in [0, 0.1) is 0 Å². The largest absolute Gasteiger partial charge is 0.317 e. The van der Waals surface area contributed by atoms with Crippen molar-refractivity contribution >= 4 is 36.0 Å². The molecule has 0 radical (unpaired) electrons. The van der Waals surface area contributed by atoms with Gasteiger partial charge in [-0.2, -0.15) is 0 Å². The molecular formula is C12H18Cl2N4.